The van der Waals surface area contributed by atoms with Crippen molar-refractivity contribution in [1.82, 2.24) is 20.6 Å². The molecule has 0 saturated heterocycles. The molecule has 2 aromatic heterocycles. The van der Waals surface area contributed by atoms with Gasteiger partial charge < -0.3 is 20.6 Å². The molecule has 4 aromatic carbocycles. The first kappa shape index (κ1) is 35.4. The van der Waals surface area contributed by atoms with Crippen LogP contribution in [0, 0.1) is 27.7 Å². The van der Waals surface area contributed by atoms with E-state index in [2.05, 4.69) is 184 Å². The molecule has 1 radical (unpaired) electrons. The first-order chi connectivity index (χ1) is 25.4. The zero-order valence-electron chi connectivity index (χ0n) is 30.7. The van der Waals surface area contributed by atoms with Gasteiger partial charge in [-0.3, -0.25) is 0 Å². The van der Waals surface area contributed by atoms with Gasteiger partial charge in [0, 0.05) is 47.8 Å². The molecule has 8 unspecified atom stereocenters. The van der Waals surface area contributed by atoms with E-state index in [0.29, 0.717) is 0 Å². The van der Waals surface area contributed by atoms with E-state index in [9.17, 15) is 0 Å². The van der Waals surface area contributed by atoms with Gasteiger partial charge in [0.2, 0.25) is 0 Å². The van der Waals surface area contributed by atoms with Gasteiger partial charge in [-0.2, -0.15) is 22.8 Å². The monoisotopic (exact) mass is 737 g/mol. The molecule has 5 heterocycles. The number of benzene rings is 4. The molecule has 4 nitrogen and oxygen atoms in total. The molecular weight excluding hydrogens is 691 g/mol. The molecule has 5 heteroatoms. The molecule has 0 saturated carbocycles. The molecule has 9 rings (SSSR count). The average Bonchev–Trinajstić information content (AvgIpc) is 3.99. The summed E-state index contributed by atoms with van der Waals surface area (Å²) in [6.07, 6.45) is 9.52. The first-order valence-electron chi connectivity index (χ1n) is 18.8. The summed E-state index contributed by atoms with van der Waals surface area (Å²) in [5, 5.41) is 8.22. The number of rotatable bonds is 4. The smallest absolute Gasteiger partial charge is 0.664 e. The Hall–Kier alpha value is -4.65. The molecule has 6 aromatic rings. The van der Waals surface area contributed by atoms with Gasteiger partial charge in [0.1, 0.15) is 0 Å². The Morgan fingerprint density at radius 2 is 0.528 bits per heavy atom. The fourth-order valence-corrected chi connectivity index (χ4v) is 8.80. The molecule has 3 aliphatic heterocycles. The van der Waals surface area contributed by atoms with Crippen molar-refractivity contribution in [2.75, 3.05) is 0 Å². The summed E-state index contributed by atoms with van der Waals surface area (Å²) in [6, 6.07) is 45.5. The number of hydrogen-bond acceptors (Lipinski definition) is 2. The van der Waals surface area contributed by atoms with Gasteiger partial charge in [0.15, 0.2) is 0 Å². The van der Waals surface area contributed by atoms with Gasteiger partial charge in [-0.15, -0.1) is 0 Å². The summed E-state index contributed by atoms with van der Waals surface area (Å²) >= 11 is 0. The van der Waals surface area contributed by atoms with E-state index in [1.165, 1.54) is 44.5 Å². The van der Waals surface area contributed by atoms with Crippen molar-refractivity contribution in [2.24, 2.45) is 0 Å². The van der Waals surface area contributed by atoms with Gasteiger partial charge in [-0.05, 0) is 49.9 Å². The van der Waals surface area contributed by atoms with E-state index in [1.807, 2.05) is 0 Å². The summed E-state index contributed by atoms with van der Waals surface area (Å²) < 4.78 is 0. The topological polar surface area (TPSA) is 52.3 Å². The predicted molar refractivity (Wildman–Crippen MR) is 211 cm³/mol. The van der Waals surface area contributed by atoms with Crippen LogP contribution in [0.4, 0.5) is 0 Å². The Morgan fingerprint density at radius 3 is 0.736 bits per heavy atom. The third-order valence-corrected chi connectivity index (χ3v) is 11.6. The Morgan fingerprint density at radius 1 is 0.321 bits per heavy atom. The average molecular weight is 738 g/mol. The minimum atomic E-state index is 0. The second kappa shape index (κ2) is 14.6. The molecule has 267 valence electrons. The van der Waals surface area contributed by atoms with Crippen LogP contribution in [-0.2, 0) is 16.8 Å². The number of nitrogens with one attached hydrogen (secondary N) is 2. The number of aromatic nitrogens is 2. The summed E-state index contributed by atoms with van der Waals surface area (Å²) in [7, 11) is 0. The molecule has 8 bridgehead atoms. The first-order valence-corrected chi connectivity index (χ1v) is 18.8. The maximum atomic E-state index is 5.56. The van der Waals surface area contributed by atoms with Crippen LogP contribution in [0.3, 0.4) is 0 Å². The van der Waals surface area contributed by atoms with Gasteiger partial charge in [0.25, 0.3) is 0 Å². The predicted octanol–water partition coefficient (Wildman–Crippen LogP) is 8.87. The number of nitrogens with zero attached hydrogens (tertiary/aromatic N) is 2. The van der Waals surface area contributed by atoms with Crippen LogP contribution in [0.1, 0.15) is 91.0 Å². The molecule has 3 aliphatic rings. The molecule has 0 fully saturated rings. The standard InChI is InChI=1S/C48H46N4.Co/c1-29-5-13-33(14-6-29)45-37-21-23-39(49-37)46(34-15-7-30(2)8-16-34)41-25-27-43(51-41)48(36-19-11-32(4)12-20-36)44-28-26-42(52-44)47(40-24-22-38(45)50-40)35-17-9-31(3)10-18-35;/h5-28,37,39,42,44-49,52H,1-4H3;/q-2;+2. The van der Waals surface area contributed by atoms with Crippen molar-refractivity contribution < 1.29 is 16.8 Å². The second-order valence-corrected chi connectivity index (χ2v) is 15.3. The fourth-order valence-electron chi connectivity index (χ4n) is 8.80. The molecular formula is C48H46CoN4. The molecule has 0 amide bonds. The van der Waals surface area contributed by atoms with Gasteiger partial charge in [0.05, 0.1) is 0 Å². The molecule has 2 N–H and O–H groups in total. The van der Waals surface area contributed by atoms with E-state index in [1.54, 1.807) is 0 Å². The van der Waals surface area contributed by atoms with E-state index in [0.717, 1.165) is 22.8 Å². The Bertz CT molecular complexity index is 1910. The Labute approximate surface area is 324 Å². The minimum absolute atomic E-state index is 0. The van der Waals surface area contributed by atoms with Crippen LogP contribution in [0.2, 0.25) is 0 Å². The zero-order chi connectivity index (χ0) is 35.3. The van der Waals surface area contributed by atoms with Crippen molar-refractivity contribution in [2.45, 2.75) is 75.5 Å². The Kier molecular flexibility index (Phi) is 9.77. The van der Waals surface area contributed by atoms with Crippen LogP contribution >= 0.6 is 0 Å². The largest absolute Gasteiger partial charge is 2.00 e. The van der Waals surface area contributed by atoms with E-state index in [-0.39, 0.29) is 64.6 Å². The number of fused-ring (bicyclic) bond motifs is 8. The molecule has 0 aliphatic carbocycles. The van der Waals surface area contributed by atoms with Crippen molar-refractivity contribution in [3.63, 3.8) is 0 Å². The van der Waals surface area contributed by atoms with Crippen molar-refractivity contribution in [3.05, 3.63) is 213 Å². The number of aryl methyl sites for hydroxylation is 4. The minimum Gasteiger partial charge on any atom is -0.664 e. The van der Waals surface area contributed by atoms with E-state index >= 15 is 0 Å². The van der Waals surface area contributed by atoms with Crippen molar-refractivity contribution in [1.29, 1.82) is 0 Å². The Balaban J connectivity index is 0.00000400. The van der Waals surface area contributed by atoms with Crippen LogP contribution in [0.15, 0.2) is 146 Å². The van der Waals surface area contributed by atoms with Crippen LogP contribution in [0.25, 0.3) is 0 Å². The van der Waals surface area contributed by atoms with Crippen molar-refractivity contribution in [3.8, 4) is 0 Å². The maximum absolute atomic E-state index is 5.56. The summed E-state index contributed by atoms with van der Waals surface area (Å²) in [4.78, 5) is 11.1. The fraction of sp³-hybridized carbons (Fsp3) is 0.250. The molecule has 53 heavy (non-hydrogen) atoms. The summed E-state index contributed by atoms with van der Waals surface area (Å²) in [5.74, 6) is 0.203. The third kappa shape index (κ3) is 6.84. The van der Waals surface area contributed by atoms with Crippen LogP contribution in [-0.4, -0.2) is 24.2 Å². The third-order valence-electron chi connectivity index (χ3n) is 11.6. The quantitative estimate of drug-likeness (QED) is 0.178. The van der Waals surface area contributed by atoms with Gasteiger partial charge >= 0.3 is 16.8 Å². The molecule has 8 atom stereocenters. The second-order valence-electron chi connectivity index (χ2n) is 15.3. The van der Waals surface area contributed by atoms with Crippen LogP contribution in [0.5, 0.6) is 0 Å². The van der Waals surface area contributed by atoms with Crippen molar-refractivity contribution >= 4 is 0 Å². The number of hydrogen-bond donors (Lipinski definition) is 2. The zero-order valence-corrected chi connectivity index (χ0v) is 31.7. The summed E-state index contributed by atoms with van der Waals surface area (Å²) in [5.41, 5.74) is 14.5. The SMILES string of the molecule is Cc1ccc(C2c3ccc([n-]3)C(c3ccc(C)cc3)C3C=CC(N3)C(c3ccc(C)cc3)c3ccc([n-]3)C(c3ccc(C)cc3)C3C=CC2N3)cc1.[Co+2]. The van der Waals surface area contributed by atoms with Gasteiger partial charge in [-0.1, -0.05) is 168 Å². The van der Waals surface area contributed by atoms with E-state index in [4.69, 9.17) is 9.97 Å². The molecule has 0 spiro atoms. The van der Waals surface area contributed by atoms with Gasteiger partial charge in [-0.25, -0.2) is 0 Å². The summed E-state index contributed by atoms with van der Waals surface area (Å²) in [6.45, 7) is 8.63. The van der Waals surface area contributed by atoms with E-state index < -0.39 is 0 Å². The maximum Gasteiger partial charge on any atom is 2.00 e. The van der Waals surface area contributed by atoms with Crippen LogP contribution < -0.4 is 20.6 Å². The normalized spacial score (nSPS) is 26.0.